The fourth-order valence-corrected chi connectivity index (χ4v) is 1.58. The molecule has 0 saturated carbocycles. The largest absolute Gasteiger partial charge is 0.384 e. The molecule has 74 valence electrons. The number of benzene rings is 1. The van der Waals surface area contributed by atoms with Crippen LogP contribution in [-0.2, 0) is 5.75 Å². The quantitative estimate of drug-likeness (QED) is 0.754. The molecular weight excluding hydrogens is 199 g/mol. The number of hydrogen-bond acceptors (Lipinski definition) is 2. The van der Waals surface area contributed by atoms with E-state index in [0.29, 0.717) is 16.9 Å². The molecule has 0 atom stereocenters. The summed E-state index contributed by atoms with van der Waals surface area (Å²) in [5.41, 5.74) is 1.29. The first-order valence-corrected chi connectivity index (χ1v) is 5.54. The van der Waals surface area contributed by atoms with Crippen LogP contribution in [0.1, 0.15) is 11.1 Å². The van der Waals surface area contributed by atoms with Crippen molar-refractivity contribution in [3.05, 3.63) is 35.1 Å². The zero-order valence-corrected chi connectivity index (χ0v) is 8.70. The van der Waals surface area contributed by atoms with E-state index in [1.807, 2.05) is 6.26 Å². The zero-order chi connectivity index (χ0) is 10.4. The molecule has 0 aliphatic heterocycles. The summed E-state index contributed by atoms with van der Waals surface area (Å²) in [6.45, 7) is -0.200. The van der Waals surface area contributed by atoms with Crippen LogP contribution in [0.4, 0.5) is 4.39 Å². The van der Waals surface area contributed by atoms with Crippen molar-refractivity contribution in [2.45, 2.75) is 5.75 Å². The van der Waals surface area contributed by atoms with Gasteiger partial charge in [-0.3, -0.25) is 0 Å². The summed E-state index contributed by atoms with van der Waals surface area (Å²) in [6, 6.07) is 4.89. The maximum atomic E-state index is 13.3. The van der Waals surface area contributed by atoms with Gasteiger partial charge in [-0.2, -0.15) is 11.8 Å². The Morgan fingerprint density at radius 2 is 2.29 bits per heavy atom. The van der Waals surface area contributed by atoms with Crippen molar-refractivity contribution in [2.75, 3.05) is 12.9 Å². The van der Waals surface area contributed by atoms with Crippen molar-refractivity contribution in [1.82, 2.24) is 0 Å². The summed E-state index contributed by atoms with van der Waals surface area (Å²) < 4.78 is 13.3. The van der Waals surface area contributed by atoms with Crippen LogP contribution in [0.25, 0.3) is 0 Å². The van der Waals surface area contributed by atoms with E-state index in [2.05, 4.69) is 11.8 Å². The number of hydrogen-bond donors (Lipinski definition) is 1. The van der Waals surface area contributed by atoms with E-state index in [9.17, 15) is 4.39 Å². The monoisotopic (exact) mass is 210 g/mol. The van der Waals surface area contributed by atoms with Gasteiger partial charge in [0.15, 0.2) is 0 Å². The highest BCUT2D eigenvalue weighted by Crippen LogP contribution is 2.14. The molecule has 0 bridgehead atoms. The predicted molar refractivity (Wildman–Crippen MR) is 57.6 cm³/mol. The minimum absolute atomic E-state index is 0.200. The van der Waals surface area contributed by atoms with Crippen molar-refractivity contribution < 1.29 is 9.50 Å². The maximum Gasteiger partial charge on any atom is 0.128 e. The second-order valence-electron chi connectivity index (χ2n) is 2.70. The summed E-state index contributed by atoms with van der Waals surface area (Å²) in [7, 11) is 0. The molecule has 1 aromatic rings. The van der Waals surface area contributed by atoms with Crippen molar-refractivity contribution in [3.8, 4) is 11.8 Å². The average Bonchev–Trinajstić information content (AvgIpc) is 2.19. The minimum atomic E-state index is -0.232. The highest BCUT2D eigenvalue weighted by molar-refractivity contribution is 7.97. The summed E-state index contributed by atoms with van der Waals surface area (Å²) in [6.07, 6.45) is 1.93. The van der Waals surface area contributed by atoms with E-state index in [4.69, 9.17) is 5.11 Å². The van der Waals surface area contributed by atoms with Crippen LogP contribution in [0.2, 0.25) is 0 Å². The van der Waals surface area contributed by atoms with Gasteiger partial charge in [0.1, 0.15) is 12.4 Å². The zero-order valence-electron chi connectivity index (χ0n) is 7.88. The van der Waals surface area contributed by atoms with Crippen LogP contribution in [0, 0.1) is 17.7 Å². The third kappa shape index (κ3) is 3.06. The van der Waals surface area contributed by atoms with E-state index < -0.39 is 0 Å². The molecule has 0 radical (unpaired) electrons. The lowest BCUT2D eigenvalue weighted by Crippen LogP contribution is -1.88. The van der Waals surface area contributed by atoms with Crippen molar-refractivity contribution in [3.63, 3.8) is 0 Å². The summed E-state index contributed by atoms with van der Waals surface area (Å²) in [4.78, 5) is 0. The molecular formula is C11H11FOS. The molecule has 0 aromatic heterocycles. The fourth-order valence-electron chi connectivity index (χ4n) is 1.04. The van der Waals surface area contributed by atoms with Gasteiger partial charge in [0.05, 0.1) is 0 Å². The Labute approximate surface area is 87.3 Å². The van der Waals surface area contributed by atoms with Gasteiger partial charge in [-0.25, -0.2) is 4.39 Å². The molecule has 0 heterocycles. The van der Waals surface area contributed by atoms with Gasteiger partial charge in [-0.05, 0) is 24.0 Å². The molecule has 1 N–H and O–H groups in total. The van der Waals surface area contributed by atoms with Gasteiger partial charge in [0.25, 0.3) is 0 Å². The average molecular weight is 210 g/mol. The third-order valence-corrected chi connectivity index (χ3v) is 2.26. The lowest BCUT2D eigenvalue weighted by atomic mass is 10.1. The Balaban J connectivity index is 2.88. The van der Waals surface area contributed by atoms with Crippen LogP contribution in [0.15, 0.2) is 18.2 Å². The van der Waals surface area contributed by atoms with E-state index in [1.54, 1.807) is 23.9 Å². The van der Waals surface area contributed by atoms with Crippen LogP contribution in [0.5, 0.6) is 0 Å². The van der Waals surface area contributed by atoms with Gasteiger partial charge in [-0.15, -0.1) is 0 Å². The highest BCUT2D eigenvalue weighted by atomic mass is 32.2. The van der Waals surface area contributed by atoms with E-state index >= 15 is 0 Å². The van der Waals surface area contributed by atoms with E-state index in [-0.39, 0.29) is 12.4 Å². The lowest BCUT2D eigenvalue weighted by Gasteiger charge is -2.00. The number of thioether (sulfide) groups is 1. The topological polar surface area (TPSA) is 20.2 Å². The van der Waals surface area contributed by atoms with Crippen LogP contribution in [-0.4, -0.2) is 18.0 Å². The molecule has 0 spiro atoms. The Kier molecular flexibility index (Phi) is 4.51. The van der Waals surface area contributed by atoms with Gasteiger partial charge >= 0.3 is 0 Å². The van der Waals surface area contributed by atoms with Gasteiger partial charge in [-0.1, -0.05) is 17.9 Å². The Hall–Kier alpha value is -0.980. The summed E-state index contributed by atoms with van der Waals surface area (Å²) in [5.74, 6) is 5.57. The minimum Gasteiger partial charge on any atom is -0.384 e. The van der Waals surface area contributed by atoms with Crippen LogP contribution < -0.4 is 0 Å². The molecule has 0 aliphatic carbocycles. The Morgan fingerprint density at radius 3 is 2.86 bits per heavy atom. The number of rotatable bonds is 2. The SMILES string of the molecule is CSCc1ccc(C#CCO)cc1F. The molecule has 0 aliphatic rings. The van der Waals surface area contributed by atoms with Crippen molar-refractivity contribution in [1.29, 1.82) is 0 Å². The molecule has 0 amide bonds. The number of aliphatic hydroxyl groups is 1. The molecule has 1 aromatic carbocycles. The highest BCUT2D eigenvalue weighted by Gasteiger charge is 2.01. The van der Waals surface area contributed by atoms with E-state index in [1.165, 1.54) is 6.07 Å². The first-order chi connectivity index (χ1) is 6.77. The molecule has 1 rings (SSSR count). The predicted octanol–water partition coefficient (Wildman–Crippen LogP) is 2.03. The smallest absolute Gasteiger partial charge is 0.128 e. The Bertz CT molecular complexity index is 365. The first kappa shape index (κ1) is 11.1. The summed E-state index contributed by atoms with van der Waals surface area (Å²) in [5, 5.41) is 8.47. The normalized spacial score (nSPS) is 9.36. The van der Waals surface area contributed by atoms with E-state index in [0.717, 1.165) is 0 Å². The second-order valence-corrected chi connectivity index (χ2v) is 3.57. The first-order valence-electron chi connectivity index (χ1n) is 4.15. The Morgan fingerprint density at radius 1 is 1.50 bits per heavy atom. The van der Waals surface area contributed by atoms with Gasteiger partial charge in [0, 0.05) is 11.3 Å². The van der Waals surface area contributed by atoms with Crippen molar-refractivity contribution >= 4 is 11.8 Å². The molecule has 0 saturated heterocycles. The molecule has 0 fully saturated rings. The molecule has 14 heavy (non-hydrogen) atoms. The summed E-state index contributed by atoms with van der Waals surface area (Å²) >= 11 is 1.58. The number of aliphatic hydroxyl groups excluding tert-OH is 1. The third-order valence-electron chi connectivity index (χ3n) is 1.66. The van der Waals surface area contributed by atoms with Gasteiger partial charge in [0.2, 0.25) is 0 Å². The maximum absolute atomic E-state index is 13.3. The van der Waals surface area contributed by atoms with Crippen molar-refractivity contribution in [2.24, 2.45) is 0 Å². The lowest BCUT2D eigenvalue weighted by molar-refractivity contribution is 0.350. The molecule has 3 heteroatoms. The van der Waals surface area contributed by atoms with Crippen LogP contribution >= 0.6 is 11.8 Å². The molecule has 0 unspecified atom stereocenters. The fraction of sp³-hybridized carbons (Fsp3) is 0.273. The standard InChI is InChI=1S/C11H11FOS/c1-14-8-10-5-4-9(3-2-6-13)7-11(10)12/h4-5,7,13H,6,8H2,1H3. The van der Waals surface area contributed by atoms with Crippen LogP contribution in [0.3, 0.4) is 0 Å². The second kappa shape index (κ2) is 5.69. The molecule has 1 nitrogen and oxygen atoms in total. The number of halogens is 1. The van der Waals surface area contributed by atoms with Gasteiger partial charge < -0.3 is 5.11 Å².